The quantitative estimate of drug-likeness (QED) is 0.896. The first-order valence-corrected chi connectivity index (χ1v) is 7.03. The molecule has 1 aromatic rings. The summed E-state index contributed by atoms with van der Waals surface area (Å²) in [6.07, 6.45) is 4.76. The monoisotopic (exact) mass is 250 g/mol. The normalized spacial score (nSPS) is 26.6. The highest BCUT2D eigenvalue weighted by Gasteiger charge is 2.26. The molecular formula is C15H26N2O. The van der Waals surface area contributed by atoms with Crippen LogP contribution in [0.3, 0.4) is 0 Å². The van der Waals surface area contributed by atoms with Crippen LogP contribution in [-0.4, -0.2) is 24.0 Å². The summed E-state index contributed by atoms with van der Waals surface area (Å²) in [5.41, 5.74) is 7.30. The van der Waals surface area contributed by atoms with Gasteiger partial charge in [-0.1, -0.05) is 0 Å². The van der Waals surface area contributed by atoms with Gasteiger partial charge in [-0.05, 0) is 59.6 Å². The summed E-state index contributed by atoms with van der Waals surface area (Å²) >= 11 is 0. The Bertz CT molecular complexity index is 391. The maximum absolute atomic E-state index is 5.98. The molecule has 3 nitrogen and oxygen atoms in total. The van der Waals surface area contributed by atoms with E-state index in [0.29, 0.717) is 18.1 Å². The van der Waals surface area contributed by atoms with Gasteiger partial charge < -0.3 is 10.2 Å². The van der Waals surface area contributed by atoms with Gasteiger partial charge >= 0.3 is 0 Å². The number of hydrogen-bond acceptors (Lipinski definition) is 3. The van der Waals surface area contributed by atoms with Crippen LogP contribution in [-0.2, 0) is 0 Å². The molecule has 0 aromatic carbocycles. The molecule has 2 N–H and O–H groups in total. The lowest BCUT2D eigenvalue weighted by Crippen LogP contribution is -2.39. The fourth-order valence-electron chi connectivity index (χ4n) is 3.11. The van der Waals surface area contributed by atoms with E-state index in [2.05, 4.69) is 31.9 Å². The molecule has 0 bridgehead atoms. The zero-order chi connectivity index (χ0) is 13.3. The third-order valence-corrected chi connectivity index (χ3v) is 4.46. The topological polar surface area (TPSA) is 42.4 Å². The van der Waals surface area contributed by atoms with Crippen LogP contribution < -0.4 is 5.73 Å². The van der Waals surface area contributed by atoms with Crippen molar-refractivity contribution in [2.24, 2.45) is 5.73 Å². The van der Waals surface area contributed by atoms with Crippen molar-refractivity contribution in [2.75, 3.05) is 7.05 Å². The Morgan fingerprint density at radius 1 is 1.28 bits per heavy atom. The maximum atomic E-state index is 5.98. The summed E-state index contributed by atoms with van der Waals surface area (Å²) in [5, 5.41) is 0. The van der Waals surface area contributed by atoms with Crippen LogP contribution in [0.15, 0.2) is 10.5 Å². The minimum Gasteiger partial charge on any atom is -0.466 e. The second kappa shape index (κ2) is 5.45. The van der Waals surface area contributed by atoms with Crippen molar-refractivity contribution in [3.8, 4) is 0 Å². The molecule has 3 heteroatoms. The molecule has 1 aliphatic rings. The van der Waals surface area contributed by atoms with Gasteiger partial charge in [0.05, 0.1) is 0 Å². The van der Waals surface area contributed by atoms with Crippen molar-refractivity contribution in [1.82, 2.24) is 4.90 Å². The highest BCUT2D eigenvalue weighted by atomic mass is 16.3. The molecular weight excluding hydrogens is 224 g/mol. The fourth-order valence-corrected chi connectivity index (χ4v) is 3.11. The molecule has 0 saturated heterocycles. The molecule has 1 heterocycles. The average molecular weight is 250 g/mol. The number of nitrogens with zero attached hydrogens (tertiary/aromatic N) is 1. The molecule has 1 aromatic heterocycles. The highest BCUT2D eigenvalue weighted by molar-refractivity contribution is 5.23. The zero-order valence-electron chi connectivity index (χ0n) is 12.1. The summed E-state index contributed by atoms with van der Waals surface area (Å²) in [7, 11) is 2.23. The van der Waals surface area contributed by atoms with E-state index in [9.17, 15) is 0 Å². The minimum absolute atomic E-state index is 0.418. The van der Waals surface area contributed by atoms with Crippen molar-refractivity contribution in [3.63, 3.8) is 0 Å². The van der Waals surface area contributed by atoms with Crippen LogP contribution in [0.1, 0.15) is 55.7 Å². The molecule has 1 aliphatic carbocycles. The Morgan fingerprint density at radius 2 is 1.89 bits per heavy atom. The Hall–Kier alpha value is -0.800. The summed E-state index contributed by atoms with van der Waals surface area (Å²) in [5.74, 6) is 2.06. The number of nitrogens with two attached hydrogens (primary N) is 1. The molecule has 1 fully saturated rings. The largest absolute Gasteiger partial charge is 0.466 e. The van der Waals surface area contributed by atoms with Crippen molar-refractivity contribution < 1.29 is 4.42 Å². The van der Waals surface area contributed by atoms with Gasteiger partial charge in [0.25, 0.3) is 0 Å². The summed E-state index contributed by atoms with van der Waals surface area (Å²) in [6, 6.07) is 3.67. The zero-order valence-corrected chi connectivity index (χ0v) is 12.1. The van der Waals surface area contributed by atoms with Crippen LogP contribution in [0.4, 0.5) is 0 Å². The number of hydrogen-bond donors (Lipinski definition) is 1. The lowest BCUT2D eigenvalue weighted by molar-refractivity contribution is 0.140. The van der Waals surface area contributed by atoms with Gasteiger partial charge in [-0.25, -0.2) is 0 Å². The SMILES string of the molecule is Cc1cc(C(C)N(C)C2CCC(N)CC2)c(C)o1. The molecule has 0 aliphatic heterocycles. The number of furan rings is 1. The molecule has 0 amide bonds. The third-order valence-electron chi connectivity index (χ3n) is 4.46. The Morgan fingerprint density at radius 3 is 2.39 bits per heavy atom. The number of rotatable bonds is 3. The molecule has 102 valence electrons. The molecule has 1 atom stereocenters. The van der Waals surface area contributed by atoms with Crippen LogP contribution in [0.5, 0.6) is 0 Å². The van der Waals surface area contributed by atoms with Crippen LogP contribution in [0.25, 0.3) is 0 Å². The van der Waals surface area contributed by atoms with E-state index < -0.39 is 0 Å². The van der Waals surface area contributed by atoms with E-state index in [0.717, 1.165) is 24.4 Å². The van der Waals surface area contributed by atoms with Gasteiger partial charge in [-0.3, -0.25) is 4.90 Å². The first-order valence-electron chi connectivity index (χ1n) is 7.03. The van der Waals surface area contributed by atoms with E-state index in [-0.39, 0.29) is 0 Å². The standard InChI is InChI=1S/C15H26N2O/c1-10-9-15(12(3)18-10)11(2)17(4)14-7-5-13(16)6-8-14/h9,11,13-14H,5-8,16H2,1-4H3. The highest BCUT2D eigenvalue weighted by Crippen LogP contribution is 2.31. The van der Waals surface area contributed by atoms with Gasteiger partial charge in [0, 0.05) is 23.7 Å². The van der Waals surface area contributed by atoms with Gasteiger partial charge in [0.1, 0.15) is 11.5 Å². The van der Waals surface area contributed by atoms with E-state index >= 15 is 0 Å². The van der Waals surface area contributed by atoms with Crippen LogP contribution in [0.2, 0.25) is 0 Å². The Balaban J connectivity index is 2.04. The lowest BCUT2D eigenvalue weighted by Gasteiger charge is -2.37. The molecule has 2 rings (SSSR count). The van der Waals surface area contributed by atoms with E-state index in [1.807, 2.05) is 6.92 Å². The lowest BCUT2D eigenvalue weighted by atomic mass is 9.90. The van der Waals surface area contributed by atoms with Crippen LogP contribution >= 0.6 is 0 Å². The van der Waals surface area contributed by atoms with Crippen molar-refractivity contribution >= 4 is 0 Å². The molecule has 1 saturated carbocycles. The van der Waals surface area contributed by atoms with E-state index in [1.54, 1.807) is 0 Å². The minimum atomic E-state index is 0.418. The molecule has 0 radical (unpaired) electrons. The van der Waals surface area contributed by atoms with Gasteiger partial charge in [0.15, 0.2) is 0 Å². The predicted molar refractivity (Wildman–Crippen MR) is 74.6 cm³/mol. The molecule has 18 heavy (non-hydrogen) atoms. The molecule has 0 spiro atoms. The second-order valence-electron chi connectivity index (χ2n) is 5.78. The van der Waals surface area contributed by atoms with Gasteiger partial charge in [-0.15, -0.1) is 0 Å². The molecule has 1 unspecified atom stereocenters. The first kappa shape index (κ1) is 13.6. The summed E-state index contributed by atoms with van der Waals surface area (Å²) < 4.78 is 5.64. The summed E-state index contributed by atoms with van der Waals surface area (Å²) in [4.78, 5) is 2.49. The number of aryl methyl sites for hydroxylation is 2. The smallest absolute Gasteiger partial charge is 0.105 e. The second-order valence-corrected chi connectivity index (χ2v) is 5.78. The van der Waals surface area contributed by atoms with Gasteiger partial charge in [-0.2, -0.15) is 0 Å². The maximum Gasteiger partial charge on any atom is 0.105 e. The van der Waals surface area contributed by atoms with Crippen LogP contribution in [0, 0.1) is 13.8 Å². The average Bonchev–Trinajstić information content (AvgIpc) is 2.67. The third kappa shape index (κ3) is 2.78. The Kier molecular flexibility index (Phi) is 4.13. The fraction of sp³-hybridized carbons (Fsp3) is 0.733. The van der Waals surface area contributed by atoms with Crippen molar-refractivity contribution in [1.29, 1.82) is 0 Å². The first-order chi connectivity index (χ1) is 8.49. The predicted octanol–water partition coefficient (Wildman–Crippen LogP) is 3.16. The van der Waals surface area contributed by atoms with E-state index in [1.165, 1.54) is 18.4 Å². The van der Waals surface area contributed by atoms with E-state index in [4.69, 9.17) is 10.2 Å². The Labute approximate surface area is 110 Å². The van der Waals surface area contributed by atoms with Crippen molar-refractivity contribution in [2.45, 2.75) is 64.6 Å². The van der Waals surface area contributed by atoms with Crippen molar-refractivity contribution in [3.05, 3.63) is 23.2 Å². The van der Waals surface area contributed by atoms with Gasteiger partial charge in [0.2, 0.25) is 0 Å². The summed E-state index contributed by atoms with van der Waals surface area (Å²) in [6.45, 7) is 6.35.